The normalized spacial score (nSPS) is 12.5. The third-order valence-corrected chi connectivity index (χ3v) is 4.45. The molecule has 2 rings (SSSR count). The van der Waals surface area contributed by atoms with Gasteiger partial charge in [-0.1, -0.05) is 26.0 Å². The zero-order valence-corrected chi connectivity index (χ0v) is 13.5. The first-order valence-corrected chi connectivity index (χ1v) is 8.08. The molecule has 0 radical (unpaired) electrons. The molecular weight excluding hydrogens is 301 g/mol. The van der Waals surface area contributed by atoms with E-state index in [2.05, 4.69) is 5.32 Å². The summed E-state index contributed by atoms with van der Waals surface area (Å²) >= 11 is 1.59. The number of halogens is 1. The highest BCUT2D eigenvalue weighted by Gasteiger charge is 2.18. The predicted molar refractivity (Wildman–Crippen MR) is 87.4 cm³/mol. The van der Waals surface area contributed by atoms with E-state index in [-0.39, 0.29) is 5.82 Å². The molecule has 0 aliphatic rings. The maximum atomic E-state index is 12.9. The van der Waals surface area contributed by atoms with Gasteiger partial charge in [-0.25, -0.2) is 4.39 Å². The number of carboxylic acid groups (broad SMARTS) is 1. The molecule has 0 fully saturated rings. The number of hydrogen-bond donors (Lipinski definition) is 2. The lowest BCUT2D eigenvalue weighted by molar-refractivity contribution is -0.140. The van der Waals surface area contributed by atoms with E-state index < -0.39 is 12.0 Å². The van der Waals surface area contributed by atoms with Crippen molar-refractivity contribution in [3.8, 4) is 10.4 Å². The highest BCUT2D eigenvalue weighted by molar-refractivity contribution is 7.15. The third-order valence-electron chi connectivity index (χ3n) is 3.32. The van der Waals surface area contributed by atoms with Gasteiger partial charge in [0.2, 0.25) is 0 Å². The fourth-order valence-corrected chi connectivity index (χ4v) is 3.17. The molecule has 1 aromatic heterocycles. The van der Waals surface area contributed by atoms with E-state index >= 15 is 0 Å². The zero-order chi connectivity index (χ0) is 16.1. The van der Waals surface area contributed by atoms with Crippen molar-refractivity contribution in [2.75, 3.05) is 0 Å². The molecule has 0 amide bonds. The Balaban J connectivity index is 1.99. The van der Waals surface area contributed by atoms with Crippen LogP contribution < -0.4 is 5.32 Å². The van der Waals surface area contributed by atoms with E-state index in [1.807, 2.05) is 26.0 Å². The van der Waals surface area contributed by atoms with Crippen molar-refractivity contribution in [1.29, 1.82) is 0 Å². The summed E-state index contributed by atoms with van der Waals surface area (Å²) in [4.78, 5) is 13.3. The van der Waals surface area contributed by atoms with E-state index in [1.165, 1.54) is 12.1 Å². The van der Waals surface area contributed by atoms with Crippen molar-refractivity contribution in [1.82, 2.24) is 5.32 Å². The average Bonchev–Trinajstić information content (AvgIpc) is 2.92. The Hall–Kier alpha value is -1.72. The Kier molecular flexibility index (Phi) is 5.69. The number of carbonyl (C=O) groups is 1. The minimum absolute atomic E-state index is 0.250. The van der Waals surface area contributed by atoms with E-state index in [1.54, 1.807) is 23.5 Å². The molecule has 2 aromatic rings. The van der Waals surface area contributed by atoms with Crippen molar-refractivity contribution in [2.24, 2.45) is 5.92 Å². The van der Waals surface area contributed by atoms with Crippen LogP contribution in [0.3, 0.4) is 0 Å². The van der Waals surface area contributed by atoms with E-state index in [4.69, 9.17) is 0 Å². The lowest BCUT2D eigenvalue weighted by atomic mass is 10.0. The number of carboxylic acids is 1. The van der Waals surface area contributed by atoms with Gasteiger partial charge in [0, 0.05) is 16.3 Å². The molecule has 118 valence electrons. The lowest BCUT2D eigenvalue weighted by Crippen LogP contribution is -2.37. The van der Waals surface area contributed by atoms with Crippen LogP contribution in [0.25, 0.3) is 10.4 Å². The van der Waals surface area contributed by atoms with Gasteiger partial charge >= 0.3 is 5.97 Å². The SMILES string of the molecule is CC(C)CC(NCc1ccc(-c2ccc(F)cc2)s1)C(=O)O. The van der Waals surface area contributed by atoms with E-state index in [9.17, 15) is 14.3 Å². The molecule has 1 atom stereocenters. The fraction of sp³-hybridized carbons (Fsp3) is 0.353. The van der Waals surface area contributed by atoms with Gasteiger partial charge in [0.1, 0.15) is 11.9 Å². The van der Waals surface area contributed by atoms with Crippen molar-refractivity contribution in [2.45, 2.75) is 32.9 Å². The molecule has 3 nitrogen and oxygen atoms in total. The Morgan fingerprint density at radius 3 is 2.50 bits per heavy atom. The third kappa shape index (κ3) is 4.64. The second-order valence-corrected chi connectivity index (χ2v) is 6.84. The maximum absolute atomic E-state index is 12.9. The van der Waals surface area contributed by atoms with Crippen molar-refractivity contribution >= 4 is 17.3 Å². The zero-order valence-electron chi connectivity index (χ0n) is 12.7. The summed E-state index contributed by atoms with van der Waals surface area (Å²) in [6.07, 6.45) is 0.603. The Morgan fingerprint density at radius 1 is 1.23 bits per heavy atom. The van der Waals surface area contributed by atoms with Crippen LogP contribution in [-0.2, 0) is 11.3 Å². The number of nitrogens with one attached hydrogen (secondary N) is 1. The highest BCUT2D eigenvalue weighted by Crippen LogP contribution is 2.28. The summed E-state index contributed by atoms with van der Waals surface area (Å²) in [6.45, 7) is 4.54. The molecule has 0 saturated heterocycles. The fourth-order valence-electron chi connectivity index (χ4n) is 2.21. The predicted octanol–water partition coefficient (Wildman–Crippen LogP) is 4.14. The summed E-state index contributed by atoms with van der Waals surface area (Å²) in [5.74, 6) is -0.740. The molecule has 0 spiro atoms. The minimum atomic E-state index is -0.816. The number of aliphatic carboxylic acids is 1. The minimum Gasteiger partial charge on any atom is -0.480 e. The molecule has 0 saturated carbocycles. The molecule has 1 unspecified atom stereocenters. The molecule has 22 heavy (non-hydrogen) atoms. The van der Waals surface area contributed by atoms with Gasteiger partial charge in [-0.2, -0.15) is 0 Å². The van der Waals surface area contributed by atoms with Gasteiger partial charge in [-0.15, -0.1) is 11.3 Å². The average molecular weight is 321 g/mol. The highest BCUT2D eigenvalue weighted by atomic mass is 32.1. The summed E-state index contributed by atoms with van der Waals surface area (Å²) in [7, 11) is 0. The van der Waals surface area contributed by atoms with Crippen LogP contribution in [0.5, 0.6) is 0 Å². The summed E-state index contributed by atoms with van der Waals surface area (Å²) < 4.78 is 12.9. The van der Waals surface area contributed by atoms with Gasteiger partial charge in [-0.3, -0.25) is 10.1 Å². The number of benzene rings is 1. The molecule has 2 N–H and O–H groups in total. The molecule has 0 bridgehead atoms. The molecule has 0 aliphatic carbocycles. The number of rotatable bonds is 7. The smallest absolute Gasteiger partial charge is 0.320 e. The Bertz CT molecular complexity index is 622. The standard InChI is InChI=1S/C17H20FNO2S/c1-11(2)9-15(17(20)21)19-10-14-7-8-16(22-14)12-3-5-13(18)6-4-12/h3-8,11,15,19H,9-10H2,1-2H3,(H,20,21). The summed E-state index contributed by atoms with van der Waals surface area (Å²) in [5, 5.41) is 12.3. The topological polar surface area (TPSA) is 49.3 Å². The molecule has 5 heteroatoms. The van der Waals surface area contributed by atoms with Gasteiger partial charge in [0.15, 0.2) is 0 Å². The first-order chi connectivity index (χ1) is 10.5. The van der Waals surface area contributed by atoms with Crippen LogP contribution in [-0.4, -0.2) is 17.1 Å². The Labute approximate surface area is 133 Å². The van der Waals surface area contributed by atoms with E-state index in [0.29, 0.717) is 18.9 Å². The van der Waals surface area contributed by atoms with Crippen LogP contribution >= 0.6 is 11.3 Å². The van der Waals surface area contributed by atoms with Crippen LogP contribution in [0.15, 0.2) is 36.4 Å². The second kappa shape index (κ2) is 7.51. The van der Waals surface area contributed by atoms with Gasteiger partial charge in [0.25, 0.3) is 0 Å². The first-order valence-electron chi connectivity index (χ1n) is 7.26. The molecule has 1 aromatic carbocycles. The lowest BCUT2D eigenvalue weighted by Gasteiger charge is -2.15. The first kappa shape index (κ1) is 16.6. The monoisotopic (exact) mass is 321 g/mol. The van der Waals surface area contributed by atoms with E-state index in [0.717, 1.165) is 15.3 Å². The van der Waals surface area contributed by atoms with Gasteiger partial charge < -0.3 is 5.11 Å². The van der Waals surface area contributed by atoms with Crippen molar-refractivity contribution in [3.05, 3.63) is 47.1 Å². The van der Waals surface area contributed by atoms with Crippen LogP contribution in [0.1, 0.15) is 25.1 Å². The summed E-state index contributed by atoms with van der Waals surface area (Å²) in [5.41, 5.74) is 0.967. The largest absolute Gasteiger partial charge is 0.480 e. The Morgan fingerprint density at radius 2 is 1.91 bits per heavy atom. The van der Waals surface area contributed by atoms with Crippen molar-refractivity contribution < 1.29 is 14.3 Å². The quantitative estimate of drug-likeness (QED) is 0.805. The second-order valence-electron chi connectivity index (χ2n) is 5.67. The van der Waals surface area contributed by atoms with Crippen LogP contribution in [0.4, 0.5) is 4.39 Å². The van der Waals surface area contributed by atoms with Crippen LogP contribution in [0, 0.1) is 11.7 Å². The molecule has 0 aliphatic heterocycles. The molecular formula is C17H20FNO2S. The van der Waals surface area contributed by atoms with Gasteiger partial charge in [0.05, 0.1) is 0 Å². The number of hydrogen-bond acceptors (Lipinski definition) is 3. The maximum Gasteiger partial charge on any atom is 0.320 e. The molecule has 1 heterocycles. The number of thiophene rings is 1. The summed E-state index contributed by atoms with van der Waals surface area (Å²) in [6, 6.07) is 9.80. The van der Waals surface area contributed by atoms with Crippen LogP contribution in [0.2, 0.25) is 0 Å². The van der Waals surface area contributed by atoms with Crippen molar-refractivity contribution in [3.63, 3.8) is 0 Å². The van der Waals surface area contributed by atoms with Gasteiger partial charge in [-0.05, 0) is 42.2 Å².